The lowest BCUT2D eigenvalue weighted by Crippen LogP contribution is -2.11. The van der Waals surface area contributed by atoms with E-state index in [-0.39, 0.29) is 5.56 Å². The van der Waals surface area contributed by atoms with Gasteiger partial charge in [-0.05, 0) is 12.5 Å². The Morgan fingerprint density at radius 1 is 1.25 bits per heavy atom. The summed E-state index contributed by atoms with van der Waals surface area (Å²) < 4.78 is 50.6. The molecule has 0 spiro atoms. The summed E-state index contributed by atoms with van der Waals surface area (Å²) in [4.78, 5) is 0. The molecule has 0 amide bonds. The lowest BCUT2D eigenvalue weighted by molar-refractivity contribution is -0.127. The molecule has 0 aliphatic heterocycles. The van der Waals surface area contributed by atoms with Gasteiger partial charge in [-0.25, -0.2) is 0 Å². The number of alkyl halides is 3. The molecular weight excluding hydrogens is 165 g/mol. The number of halogens is 3. The fourth-order valence-electron chi connectivity index (χ4n) is 0.801. The first-order valence-electron chi connectivity index (χ1n) is 4.39. The van der Waals surface area contributed by atoms with E-state index in [2.05, 4.69) is 0 Å². The predicted octanol–water partition coefficient (Wildman–Crippen LogP) is 3.10. The standard InChI is InChI=1S/C9H9F3/c1-7-2-4-8(5-3-7)6-9(10,11)12/h2-5H,6H2,1H3/i6D2. The molecule has 0 atom stereocenters. The second-order valence-corrected chi connectivity index (χ2v) is 2.49. The minimum atomic E-state index is -4.87. The van der Waals surface area contributed by atoms with Crippen molar-refractivity contribution in [1.82, 2.24) is 0 Å². The number of hydrogen-bond donors (Lipinski definition) is 0. The number of benzene rings is 1. The summed E-state index contributed by atoms with van der Waals surface area (Å²) in [6, 6.07) is 5.23. The summed E-state index contributed by atoms with van der Waals surface area (Å²) in [6.07, 6.45) is -8.15. The van der Waals surface area contributed by atoms with Gasteiger partial charge in [0.05, 0.1) is 6.37 Å². The topological polar surface area (TPSA) is 0 Å². The van der Waals surface area contributed by atoms with Crippen LogP contribution in [0.1, 0.15) is 13.9 Å². The number of hydrogen-bond acceptors (Lipinski definition) is 0. The van der Waals surface area contributed by atoms with Crippen molar-refractivity contribution in [2.45, 2.75) is 19.5 Å². The first-order valence-corrected chi connectivity index (χ1v) is 3.39. The normalized spacial score (nSPS) is 15.3. The Morgan fingerprint density at radius 3 is 2.17 bits per heavy atom. The van der Waals surface area contributed by atoms with Crippen LogP contribution < -0.4 is 0 Å². The predicted molar refractivity (Wildman–Crippen MR) is 40.9 cm³/mol. The molecular formula is C9H9F3. The number of rotatable bonds is 1. The van der Waals surface area contributed by atoms with E-state index in [0.29, 0.717) is 0 Å². The third-order valence-electron chi connectivity index (χ3n) is 1.34. The highest BCUT2D eigenvalue weighted by molar-refractivity contribution is 5.21. The van der Waals surface area contributed by atoms with Crippen molar-refractivity contribution >= 4 is 0 Å². The molecule has 66 valence electrons. The summed E-state index contributed by atoms with van der Waals surface area (Å²) >= 11 is 0. The maximum Gasteiger partial charge on any atom is 0.393 e. The number of aryl methyl sites for hydroxylation is 1. The summed E-state index contributed by atoms with van der Waals surface area (Å²) in [6.45, 7) is 1.73. The highest BCUT2D eigenvalue weighted by Gasteiger charge is 2.27. The van der Waals surface area contributed by atoms with Crippen LogP contribution in [0.4, 0.5) is 13.2 Å². The highest BCUT2D eigenvalue weighted by Crippen LogP contribution is 2.21. The largest absolute Gasteiger partial charge is 0.393 e. The molecule has 0 unspecified atom stereocenters. The summed E-state index contributed by atoms with van der Waals surface area (Å²) in [5.41, 5.74) is 0.433. The van der Waals surface area contributed by atoms with Gasteiger partial charge in [-0.3, -0.25) is 0 Å². The molecule has 12 heavy (non-hydrogen) atoms. The van der Waals surface area contributed by atoms with Crippen molar-refractivity contribution < 1.29 is 15.9 Å². The average Bonchev–Trinajstić information content (AvgIpc) is 2.03. The van der Waals surface area contributed by atoms with E-state index < -0.39 is 12.5 Å². The minimum absolute atomic E-state index is 0.365. The lowest BCUT2D eigenvalue weighted by Gasteiger charge is -2.05. The van der Waals surface area contributed by atoms with E-state index in [0.717, 1.165) is 17.7 Å². The zero-order valence-electron chi connectivity index (χ0n) is 8.44. The van der Waals surface area contributed by atoms with Gasteiger partial charge in [0, 0.05) is 2.74 Å². The monoisotopic (exact) mass is 176 g/mol. The van der Waals surface area contributed by atoms with Crippen molar-refractivity contribution in [3.05, 3.63) is 35.4 Å². The van der Waals surface area contributed by atoms with E-state index in [4.69, 9.17) is 2.74 Å². The summed E-state index contributed by atoms with van der Waals surface area (Å²) in [7, 11) is 0. The van der Waals surface area contributed by atoms with Crippen LogP contribution >= 0.6 is 0 Å². The fourth-order valence-corrected chi connectivity index (χ4v) is 0.801. The van der Waals surface area contributed by atoms with Gasteiger partial charge < -0.3 is 0 Å². The molecule has 0 aliphatic carbocycles. The van der Waals surface area contributed by atoms with Crippen molar-refractivity contribution in [2.24, 2.45) is 0 Å². The van der Waals surface area contributed by atoms with Crippen molar-refractivity contribution in [3.63, 3.8) is 0 Å². The zero-order valence-corrected chi connectivity index (χ0v) is 6.44. The first kappa shape index (κ1) is 6.52. The quantitative estimate of drug-likeness (QED) is 0.616. The molecule has 0 heterocycles. The van der Waals surface area contributed by atoms with Gasteiger partial charge in [-0.1, -0.05) is 29.8 Å². The molecule has 0 radical (unpaired) electrons. The molecule has 0 saturated carbocycles. The van der Waals surface area contributed by atoms with Crippen LogP contribution in [-0.2, 0) is 6.37 Å². The molecule has 1 aromatic rings. The van der Waals surface area contributed by atoms with Crippen LogP contribution in [0.25, 0.3) is 0 Å². The Kier molecular flexibility index (Phi) is 1.72. The molecule has 1 rings (SSSR count). The van der Waals surface area contributed by atoms with E-state index in [1.165, 1.54) is 12.1 Å². The third-order valence-corrected chi connectivity index (χ3v) is 1.34. The lowest BCUT2D eigenvalue weighted by atomic mass is 10.1. The first-order chi connectivity index (χ1) is 6.25. The Balaban J connectivity index is 3.10. The van der Waals surface area contributed by atoms with E-state index in [1.54, 1.807) is 6.92 Å². The van der Waals surface area contributed by atoms with E-state index in [9.17, 15) is 13.2 Å². The second kappa shape index (κ2) is 3.17. The Morgan fingerprint density at radius 2 is 1.75 bits per heavy atom. The second-order valence-electron chi connectivity index (χ2n) is 2.49. The highest BCUT2D eigenvalue weighted by atomic mass is 19.4. The SMILES string of the molecule is [2H]C([2H])(c1ccc(C)cc1)C(F)(F)F. The van der Waals surface area contributed by atoms with Crippen LogP contribution in [0.5, 0.6) is 0 Å². The van der Waals surface area contributed by atoms with E-state index in [1.807, 2.05) is 0 Å². The molecule has 0 fully saturated rings. The van der Waals surface area contributed by atoms with Crippen LogP contribution in [0.2, 0.25) is 0 Å². The average molecular weight is 176 g/mol. The van der Waals surface area contributed by atoms with Gasteiger partial charge in [-0.2, -0.15) is 13.2 Å². The minimum Gasteiger partial charge on any atom is -0.171 e. The Labute approximate surface area is 71.8 Å². The van der Waals surface area contributed by atoms with Crippen LogP contribution in [-0.4, -0.2) is 6.18 Å². The molecule has 3 heteroatoms. The molecule has 0 N–H and O–H groups in total. The molecule has 1 aromatic carbocycles. The van der Waals surface area contributed by atoms with Crippen LogP contribution in [0.3, 0.4) is 0 Å². The molecule has 0 aliphatic rings. The summed E-state index contributed by atoms with van der Waals surface area (Å²) in [5, 5.41) is 0. The van der Waals surface area contributed by atoms with Crippen molar-refractivity contribution in [2.75, 3.05) is 0 Å². The smallest absolute Gasteiger partial charge is 0.171 e. The van der Waals surface area contributed by atoms with Gasteiger partial charge in [-0.15, -0.1) is 0 Å². The fraction of sp³-hybridized carbons (Fsp3) is 0.333. The third kappa shape index (κ3) is 2.95. The Hall–Kier alpha value is -0.990. The Bertz CT molecular complexity index is 314. The van der Waals surface area contributed by atoms with Gasteiger partial charge in [0.15, 0.2) is 0 Å². The molecule has 0 saturated heterocycles. The molecule has 0 nitrogen and oxygen atoms in total. The maximum atomic E-state index is 12.2. The van der Waals surface area contributed by atoms with Gasteiger partial charge in [0.25, 0.3) is 0 Å². The van der Waals surface area contributed by atoms with Crippen molar-refractivity contribution in [3.8, 4) is 0 Å². The van der Waals surface area contributed by atoms with E-state index >= 15 is 0 Å². The molecule has 0 bridgehead atoms. The zero-order chi connectivity index (χ0) is 11.0. The van der Waals surface area contributed by atoms with Gasteiger partial charge in [0.2, 0.25) is 0 Å². The maximum absolute atomic E-state index is 12.2. The van der Waals surface area contributed by atoms with Gasteiger partial charge in [0.1, 0.15) is 0 Å². The molecule has 0 aromatic heterocycles. The van der Waals surface area contributed by atoms with Gasteiger partial charge >= 0.3 is 6.18 Å². The van der Waals surface area contributed by atoms with Crippen LogP contribution in [0.15, 0.2) is 24.3 Å². The van der Waals surface area contributed by atoms with Crippen LogP contribution in [0, 0.1) is 6.92 Å². The summed E-state index contributed by atoms with van der Waals surface area (Å²) in [5.74, 6) is 0. The van der Waals surface area contributed by atoms with Crippen molar-refractivity contribution in [1.29, 1.82) is 0 Å².